The van der Waals surface area contributed by atoms with E-state index in [-0.39, 0.29) is 13.0 Å². The molecule has 0 spiro atoms. The number of aliphatic hydroxyl groups is 5. The highest BCUT2D eigenvalue weighted by molar-refractivity contribution is 5.80. The molecule has 11 heteroatoms. The molecule has 0 aromatic carbocycles. The fourth-order valence-corrected chi connectivity index (χ4v) is 10.2. The number of nitrogens with one attached hydrogen (secondary N) is 1. The average molecular weight is 1100 g/mol. The van der Waals surface area contributed by atoms with Crippen molar-refractivity contribution in [1.82, 2.24) is 5.32 Å². The molecule has 1 rings (SSSR count). The van der Waals surface area contributed by atoms with Crippen molar-refractivity contribution in [3.8, 4) is 0 Å². The zero-order chi connectivity index (χ0) is 56.8. The standard InChI is InChI=1S/C67H123NO10/c1-4-7-10-13-16-19-22-24-25-26-27-28-29-30-31-32-33-34-35-36-37-40-42-45-48-51-54-60(71)66(75)68-58(59(70)53-50-47-44-41-39-23-20-17-14-11-8-5-2)57-76-67-65(64(74)63(73)61(56-69)77-67)78-62(72)55-52-49-46-43-38-21-18-15-12-9-6-3/h15-16,18-19,24-25,50,53,58-61,63-65,67,69-71,73-74H,4-14,17,20-23,26-49,51-52,54-57H2,1-3H3,(H,68,75)/b18-15-,19-16-,25-24-,53-50+. The molecule has 11 nitrogen and oxygen atoms in total. The van der Waals surface area contributed by atoms with Gasteiger partial charge in [0, 0.05) is 6.42 Å². The van der Waals surface area contributed by atoms with Crippen molar-refractivity contribution in [3.63, 3.8) is 0 Å². The normalized spacial score (nSPS) is 19.2. The number of hydrogen-bond donors (Lipinski definition) is 6. The van der Waals surface area contributed by atoms with E-state index in [1.165, 1.54) is 173 Å². The Balaban J connectivity index is 2.55. The molecule has 1 fully saturated rings. The van der Waals surface area contributed by atoms with E-state index >= 15 is 0 Å². The van der Waals surface area contributed by atoms with Crippen LogP contribution < -0.4 is 5.32 Å². The smallest absolute Gasteiger partial charge is 0.306 e. The molecule has 1 saturated heterocycles. The van der Waals surface area contributed by atoms with Crippen molar-refractivity contribution in [1.29, 1.82) is 0 Å². The Hall–Kier alpha value is -2.38. The molecule has 8 atom stereocenters. The summed E-state index contributed by atoms with van der Waals surface area (Å²) < 4.78 is 17.6. The van der Waals surface area contributed by atoms with Crippen molar-refractivity contribution < 1.29 is 49.3 Å². The Bertz CT molecular complexity index is 1450. The predicted octanol–water partition coefficient (Wildman–Crippen LogP) is 16.0. The number of carbonyl (C=O) groups is 2. The van der Waals surface area contributed by atoms with Crippen LogP contribution in [0.15, 0.2) is 48.6 Å². The maximum atomic E-state index is 13.4. The van der Waals surface area contributed by atoms with Gasteiger partial charge in [-0.25, -0.2) is 0 Å². The molecule has 1 heterocycles. The van der Waals surface area contributed by atoms with Crippen molar-refractivity contribution in [2.45, 2.75) is 352 Å². The van der Waals surface area contributed by atoms with Gasteiger partial charge in [0.1, 0.15) is 24.4 Å². The van der Waals surface area contributed by atoms with Crippen LogP contribution in [-0.2, 0) is 23.8 Å². The van der Waals surface area contributed by atoms with Crippen LogP contribution in [0.2, 0.25) is 0 Å². The number of unbranched alkanes of at least 4 members (excludes halogenated alkanes) is 36. The summed E-state index contributed by atoms with van der Waals surface area (Å²) in [4.78, 5) is 26.5. The summed E-state index contributed by atoms with van der Waals surface area (Å²) in [5, 5.41) is 57.0. The summed E-state index contributed by atoms with van der Waals surface area (Å²) in [5.41, 5.74) is 0. The maximum absolute atomic E-state index is 13.4. The third kappa shape index (κ3) is 42.5. The Kier molecular flexibility index (Phi) is 52.1. The highest BCUT2D eigenvalue weighted by Gasteiger charge is 2.47. The molecule has 1 aliphatic rings. The topological polar surface area (TPSA) is 175 Å². The molecule has 0 aromatic heterocycles. The van der Waals surface area contributed by atoms with Gasteiger partial charge in [-0.2, -0.15) is 0 Å². The Morgan fingerprint density at radius 2 is 0.897 bits per heavy atom. The van der Waals surface area contributed by atoms with Gasteiger partial charge in [0.15, 0.2) is 12.4 Å². The lowest BCUT2D eigenvalue weighted by molar-refractivity contribution is -0.305. The quantitative estimate of drug-likeness (QED) is 0.0195. The lowest BCUT2D eigenvalue weighted by atomic mass is 9.99. The summed E-state index contributed by atoms with van der Waals surface area (Å²) in [7, 11) is 0. The van der Waals surface area contributed by atoms with Crippen molar-refractivity contribution in [2.24, 2.45) is 0 Å². The Labute approximate surface area is 478 Å². The zero-order valence-corrected chi connectivity index (χ0v) is 50.5. The van der Waals surface area contributed by atoms with E-state index in [9.17, 15) is 35.1 Å². The average Bonchev–Trinajstić information content (AvgIpc) is 3.46. The highest BCUT2D eigenvalue weighted by Crippen LogP contribution is 2.26. The van der Waals surface area contributed by atoms with Gasteiger partial charge in [-0.05, 0) is 77.0 Å². The first kappa shape index (κ1) is 73.6. The van der Waals surface area contributed by atoms with E-state index in [0.717, 1.165) is 83.5 Å². The van der Waals surface area contributed by atoms with E-state index < -0.39 is 67.4 Å². The second kappa shape index (κ2) is 55.2. The first-order valence-corrected chi connectivity index (χ1v) is 32.9. The van der Waals surface area contributed by atoms with Gasteiger partial charge in [0.25, 0.3) is 0 Å². The number of esters is 1. The number of carbonyl (C=O) groups excluding carboxylic acids is 2. The monoisotopic (exact) mass is 1100 g/mol. The third-order valence-corrected chi connectivity index (χ3v) is 15.5. The first-order valence-electron chi connectivity index (χ1n) is 32.9. The molecule has 0 radical (unpaired) electrons. The van der Waals surface area contributed by atoms with Crippen LogP contribution in [0.4, 0.5) is 0 Å². The molecule has 0 aromatic rings. The highest BCUT2D eigenvalue weighted by atomic mass is 16.7. The molecule has 6 N–H and O–H groups in total. The van der Waals surface area contributed by atoms with Crippen LogP contribution in [0.3, 0.4) is 0 Å². The molecular weight excluding hydrogens is 979 g/mol. The van der Waals surface area contributed by atoms with Crippen LogP contribution in [0, 0.1) is 0 Å². The molecule has 0 saturated carbocycles. The van der Waals surface area contributed by atoms with E-state index in [1.54, 1.807) is 6.08 Å². The molecule has 78 heavy (non-hydrogen) atoms. The molecule has 8 unspecified atom stereocenters. The molecular formula is C67H123NO10. The van der Waals surface area contributed by atoms with Crippen molar-refractivity contribution >= 4 is 11.9 Å². The lowest BCUT2D eigenvalue weighted by Gasteiger charge is -2.41. The number of allylic oxidation sites excluding steroid dienone is 7. The number of amides is 1. The fourth-order valence-electron chi connectivity index (χ4n) is 10.2. The number of hydrogen-bond acceptors (Lipinski definition) is 10. The molecule has 0 aliphatic carbocycles. The van der Waals surface area contributed by atoms with Crippen molar-refractivity contribution in [2.75, 3.05) is 13.2 Å². The largest absolute Gasteiger partial charge is 0.454 e. The number of ether oxygens (including phenoxy) is 3. The molecule has 0 bridgehead atoms. The molecule has 1 aliphatic heterocycles. The minimum atomic E-state index is -1.61. The van der Waals surface area contributed by atoms with Crippen LogP contribution in [0.1, 0.15) is 303 Å². The summed E-state index contributed by atoms with van der Waals surface area (Å²) >= 11 is 0. The fraction of sp³-hybridized carbons (Fsp3) is 0.851. The summed E-state index contributed by atoms with van der Waals surface area (Å²) in [6, 6.07) is -1.02. The summed E-state index contributed by atoms with van der Waals surface area (Å²) in [6.45, 7) is 5.73. The first-order chi connectivity index (χ1) is 38.2. The third-order valence-electron chi connectivity index (χ3n) is 15.5. The van der Waals surface area contributed by atoms with Gasteiger partial charge in [-0.15, -0.1) is 0 Å². The van der Waals surface area contributed by atoms with Gasteiger partial charge in [0.05, 0.1) is 25.4 Å². The van der Waals surface area contributed by atoms with E-state index in [0.29, 0.717) is 19.3 Å². The summed E-state index contributed by atoms with van der Waals surface area (Å²) in [6.07, 6.45) is 57.4. The minimum absolute atomic E-state index is 0.114. The van der Waals surface area contributed by atoms with Crippen molar-refractivity contribution in [3.05, 3.63) is 48.6 Å². The van der Waals surface area contributed by atoms with Crippen LogP contribution in [0.5, 0.6) is 0 Å². The van der Waals surface area contributed by atoms with E-state index in [2.05, 4.69) is 62.5 Å². The SMILES string of the molecule is CCCC/C=C\CCCCCCCC(=O)OC1C(OCC(NC(=O)C(O)CCCCCCCCCCCCCCCCCC/C=C\C/C=C\CCCCC)C(O)/C=C/CCCCCCCCCCCC)OC(CO)C(O)C1O. The maximum Gasteiger partial charge on any atom is 0.306 e. The van der Waals surface area contributed by atoms with Gasteiger partial charge in [-0.3, -0.25) is 9.59 Å². The van der Waals surface area contributed by atoms with Gasteiger partial charge < -0.3 is 45.1 Å². The van der Waals surface area contributed by atoms with Gasteiger partial charge in [-0.1, -0.05) is 268 Å². The van der Waals surface area contributed by atoms with Crippen LogP contribution in [-0.4, -0.2) is 99.6 Å². The van der Waals surface area contributed by atoms with E-state index in [1.807, 2.05) is 6.08 Å². The Morgan fingerprint density at radius 1 is 0.500 bits per heavy atom. The molecule has 456 valence electrons. The number of aliphatic hydroxyl groups excluding tert-OH is 5. The second-order valence-corrected chi connectivity index (χ2v) is 22.8. The zero-order valence-electron chi connectivity index (χ0n) is 50.5. The van der Waals surface area contributed by atoms with Crippen LogP contribution >= 0.6 is 0 Å². The van der Waals surface area contributed by atoms with Gasteiger partial charge in [0.2, 0.25) is 5.91 Å². The summed E-state index contributed by atoms with van der Waals surface area (Å²) in [5.74, 6) is -1.20. The lowest BCUT2D eigenvalue weighted by Crippen LogP contribution is -2.61. The van der Waals surface area contributed by atoms with Gasteiger partial charge >= 0.3 is 5.97 Å². The predicted molar refractivity (Wildman–Crippen MR) is 324 cm³/mol. The molecule has 1 amide bonds. The number of rotatable bonds is 56. The van der Waals surface area contributed by atoms with E-state index in [4.69, 9.17) is 14.2 Å². The second-order valence-electron chi connectivity index (χ2n) is 22.8. The van der Waals surface area contributed by atoms with Crippen LogP contribution in [0.25, 0.3) is 0 Å². The minimum Gasteiger partial charge on any atom is -0.454 e. The Morgan fingerprint density at radius 3 is 1.38 bits per heavy atom.